The Morgan fingerprint density at radius 2 is 1.87 bits per heavy atom. The van der Waals surface area contributed by atoms with Crippen molar-refractivity contribution in [3.63, 3.8) is 0 Å². The fourth-order valence-corrected chi connectivity index (χ4v) is 7.73. The lowest BCUT2D eigenvalue weighted by molar-refractivity contribution is 0.548. The largest absolute Gasteiger partial charge is 0.461 e. The summed E-state index contributed by atoms with van der Waals surface area (Å²) < 4.78 is 60.0. The van der Waals surface area contributed by atoms with Crippen molar-refractivity contribution in [3.05, 3.63) is 59.3 Å². The summed E-state index contributed by atoms with van der Waals surface area (Å²) in [5.41, 5.74) is 1.48. The van der Waals surface area contributed by atoms with Crippen LogP contribution in [-0.4, -0.2) is 34.1 Å². The molecule has 0 bridgehead atoms. The lowest BCUT2D eigenvalue weighted by Crippen LogP contribution is -2.39. The summed E-state index contributed by atoms with van der Waals surface area (Å²) in [6, 6.07) is 13.0. The van der Waals surface area contributed by atoms with E-state index in [1.807, 2.05) is 6.92 Å². The van der Waals surface area contributed by atoms with Crippen LogP contribution in [0.2, 0.25) is 0 Å². The van der Waals surface area contributed by atoms with Gasteiger partial charge in [-0.25, -0.2) is 21.8 Å². The maximum Gasteiger partial charge on any atom is 0.264 e. The summed E-state index contributed by atoms with van der Waals surface area (Å²) in [4.78, 5) is 4.48. The first kappa shape index (κ1) is 20.2. The van der Waals surface area contributed by atoms with Gasteiger partial charge in [0.15, 0.2) is 9.84 Å². The van der Waals surface area contributed by atoms with Crippen LogP contribution in [0.3, 0.4) is 0 Å². The standard InChI is InChI=1S/C21H18N2O5S3/c1-13-3-7-19(28-13)15-4-8-21-18(11-15)23(9-10-30(21,24)25)31(26,27)16-5-6-17-20(12-16)29-14(2)22-17/h3-8,11-12H,9-10H2,1-2H3. The van der Waals surface area contributed by atoms with Gasteiger partial charge in [-0.3, -0.25) is 4.31 Å². The number of nitrogens with zero attached hydrogens (tertiary/aromatic N) is 2. The number of fused-ring (bicyclic) bond motifs is 2. The van der Waals surface area contributed by atoms with Crippen LogP contribution in [0.5, 0.6) is 0 Å². The number of hydrogen-bond acceptors (Lipinski definition) is 7. The number of sulfonamides is 1. The molecule has 0 radical (unpaired) electrons. The molecule has 0 N–H and O–H groups in total. The monoisotopic (exact) mass is 474 g/mol. The predicted octanol–water partition coefficient (Wildman–Crippen LogP) is 4.16. The van der Waals surface area contributed by atoms with Gasteiger partial charge in [0.25, 0.3) is 10.0 Å². The Kier molecular flexibility index (Phi) is 4.51. The zero-order valence-electron chi connectivity index (χ0n) is 16.7. The number of hydrogen-bond donors (Lipinski definition) is 0. The molecule has 3 heterocycles. The van der Waals surface area contributed by atoms with Gasteiger partial charge in [-0.05, 0) is 62.4 Å². The maximum absolute atomic E-state index is 13.6. The molecule has 0 saturated carbocycles. The van der Waals surface area contributed by atoms with Crippen LogP contribution in [0.1, 0.15) is 10.8 Å². The van der Waals surface area contributed by atoms with Crippen LogP contribution >= 0.6 is 11.3 Å². The van der Waals surface area contributed by atoms with Gasteiger partial charge in [0, 0.05) is 12.1 Å². The number of furan rings is 1. The second-order valence-electron chi connectivity index (χ2n) is 7.35. The molecular formula is C21H18N2O5S3. The quantitative estimate of drug-likeness (QED) is 0.442. The number of sulfone groups is 1. The molecule has 0 amide bonds. The van der Waals surface area contributed by atoms with Gasteiger partial charge in [-0.1, -0.05) is 0 Å². The first-order valence-corrected chi connectivity index (χ1v) is 13.4. The van der Waals surface area contributed by atoms with E-state index in [0.717, 1.165) is 15.2 Å². The van der Waals surface area contributed by atoms with Gasteiger partial charge in [0.05, 0.1) is 36.5 Å². The van der Waals surface area contributed by atoms with Crippen molar-refractivity contribution in [1.82, 2.24) is 4.98 Å². The number of rotatable bonds is 3. The van der Waals surface area contributed by atoms with E-state index in [1.54, 1.807) is 43.3 Å². The first-order valence-electron chi connectivity index (χ1n) is 9.49. The summed E-state index contributed by atoms with van der Waals surface area (Å²) in [5.74, 6) is 0.973. The molecule has 7 nitrogen and oxygen atoms in total. The van der Waals surface area contributed by atoms with Crippen LogP contribution in [-0.2, 0) is 19.9 Å². The molecule has 0 fully saturated rings. The van der Waals surface area contributed by atoms with Gasteiger partial charge >= 0.3 is 0 Å². The Morgan fingerprint density at radius 3 is 2.61 bits per heavy atom. The van der Waals surface area contributed by atoms with E-state index in [1.165, 1.54) is 27.8 Å². The second-order valence-corrected chi connectivity index (χ2v) is 12.5. The van der Waals surface area contributed by atoms with Crippen molar-refractivity contribution in [2.24, 2.45) is 0 Å². The fourth-order valence-electron chi connectivity index (χ4n) is 3.71. The lowest BCUT2D eigenvalue weighted by Gasteiger charge is -2.30. The number of anilines is 1. The topological polar surface area (TPSA) is 97.5 Å². The summed E-state index contributed by atoms with van der Waals surface area (Å²) in [5, 5.41) is 0.845. The highest BCUT2D eigenvalue weighted by Gasteiger charge is 2.36. The van der Waals surface area contributed by atoms with E-state index in [2.05, 4.69) is 4.98 Å². The second kappa shape index (κ2) is 6.91. The molecule has 10 heteroatoms. The summed E-state index contributed by atoms with van der Waals surface area (Å²) in [6.07, 6.45) is 0. The predicted molar refractivity (Wildman–Crippen MR) is 120 cm³/mol. The first-order chi connectivity index (χ1) is 14.6. The van der Waals surface area contributed by atoms with Crippen molar-refractivity contribution < 1.29 is 21.3 Å². The minimum atomic E-state index is -3.98. The van der Waals surface area contributed by atoms with Crippen LogP contribution in [0, 0.1) is 13.8 Å². The molecule has 0 saturated heterocycles. The smallest absolute Gasteiger partial charge is 0.264 e. The fraction of sp³-hybridized carbons (Fsp3) is 0.190. The molecule has 31 heavy (non-hydrogen) atoms. The summed E-state index contributed by atoms with van der Waals surface area (Å²) in [6.45, 7) is 3.51. The molecule has 5 rings (SSSR count). The molecule has 2 aromatic heterocycles. The number of thiazole rings is 1. The number of benzene rings is 2. The van der Waals surface area contributed by atoms with Crippen LogP contribution in [0.15, 0.2) is 62.7 Å². The Labute approximate surface area is 183 Å². The third kappa shape index (κ3) is 3.35. The molecule has 1 aliphatic heterocycles. The van der Waals surface area contributed by atoms with E-state index in [0.29, 0.717) is 17.1 Å². The maximum atomic E-state index is 13.6. The van der Waals surface area contributed by atoms with Crippen LogP contribution < -0.4 is 4.31 Å². The lowest BCUT2D eigenvalue weighted by atomic mass is 10.1. The molecule has 0 unspecified atom stereocenters. The average molecular weight is 475 g/mol. The van der Waals surface area contributed by atoms with Crippen LogP contribution in [0.25, 0.3) is 21.5 Å². The Bertz CT molecular complexity index is 1550. The molecule has 1 aliphatic rings. The van der Waals surface area contributed by atoms with Crippen molar-refractivity contribution in [2.75, 3.05) is 16.6 Å². The highest BCUT2D eigenvalue weighted by Crippen LogP contribution is 2.38. The Hall–Kier alpha value is -2.69. The van der Waals surface area contributed by atoms with Gasteiger partial charge in [-0.15, -0.1) is 11.3 Å². The molecule has 0 aliphatic carbocycles. The van der Waals surface area contributed by atoms with Gasteiger partial charge in [0.1, 0.15) is 11.5 Å². The van der Waals surface area contributed by atoms with Crippen LogP contribution in [0.4, 0.5) is 5.69 Å². The average Bonchev–Trinajstić information content (AvgIpc) is 3.31. The van der Waals surface area contributed by atoms with E-state index in [9.17, 15) is 16.8 Å². The van der Waals surface area contributed by atoms with Gasteiger partial charge in [0.2, 0.25) is 0 Å². The molecule has 4 aromatic rings. The van der Waals surface area contributed by atoms with E-state index < -0.39 is 19.9 Å². The van der Waals surface area contributed by atoms with Gasteiger partial charge < -0.3 is 4.42 Å². The molecule has 0 spiro atoms. The third-order valence-corrected chi connectivity index (χ3v) is 9.68. The third-order valence-electron chi connectivity index (χ3n) is 5.21. The SMILES string of the molecule is Cc1ccc(-c2ccc3c(c2)N(S(=O)(=O)c2ccc4nc(C)sc4c2)CCS3(=O)=O)o1. The van der Waals surface area contributed by atoms with E-state index in [-0.39, 0.29) is 27.8 Å². The Morgan fingerprint density at radius 1 is 1.06 bits per heavy atom. The van der Waals surface area contributed by atoms with E-state index in [4.69, 9.17) is 4.42 Å². The Balaban J connectivity index is 1.67. The van der Waals surface area contributed by atoms with Crippen molar-refractivity contribution >= 4 is 47.1 Å². The summed E-state index contributed by atoms with van der Waals surface area (Å²) >= 11 is 1.41. The highest BCUT2D eigenvalue weighted by atomic mass is 32.2. The van der Waals surface area contributed by atoms with Crippen molar-refractivity contribution in [2.45, 2.75) is 23.6 Å². The van der Waals surface area contributed by atoms with Crippen molar-refractivity contribution in [1.29, 1.82) is 0 Å². The molecule has 2 aromatic carbocycles. The minimum absolute atomic E-state index is 0.00376. The van der Waals surface area contributed by atoms with Crippen molar-refractivity contribution in [3.8, 4) is 11.3 Å². The zero-order chi connectivity index (χ0) is 22.0. The number of aryl methyl sites for hydroxylation is 2. The molecule has 0 atom stereocenters. The van der Waals surface area contributed by atoms with Gasteiger partial charge in [-0.2, -0.15) is 0 Å². The minimum Gasteiger partial charge on any atom is -0.461 e. The molecular weight excluding hydrogens is 456 g/mol. The molecule has 160 valence electrons. The number of aromatic nitrogens is 1. The highest BCUT2D eigenvalue weighted by molar-refractivity contribution is 7.94. The zero-order valence-corrected chi connectivity index (χ0v) is 19.1. The van der Waals surface area contributed by atoms with E-state index >= 15 is 0 Å². The summed E-state index contributed by atoms with van der Waals surface area (Å²) in [7, 11) is -7.57. The normalized spacial score (nSPS) is 15.9.